The minimum atomic E-state index is -1.32. The molecule has 1 aliphatic heterocycles. The SMILES string of the molecule is O=C(NC[C@H](O)c1ccc(F)cc1F)N[C@H]1CCCCNC1=O. The number of hydrogen-bond donors (Lipinski definition) is 4. The van der Waals surface area contributed by atoms with E-state index in [-0.39, 0.29) is 18.0 Å². The van der Waals surface area contributed by atoms with Gasteiger partial charge in [0.2, 0.25) is 5.91 Å². The Morgan fingerprint density at radius 2 is 2.17 bits per heavy atom. The van der Waals surface area contributed by atoms with Gasteiger partial charge in [0.1, 0.15) is 17.7 Å². The summed E-state index contributed by atoms with van der Waals surface area (Å²) >= 11 is 0. The number of amides is 3. The molecule has 0 radical (unpaired) electrons. The first-order valence-corrected chi connectivity index (χ1v) is 7.42. The third-order valence-electron chi connectivity index (χ3n) is 3.62. The molecule has 1 saturated heterocycles. The number of hydrogen-bond acceptors (Lipinski definition) is 3. The molecule has 0 aromatic heterocycles. The van der Waals surface area contributed by atoms with Crippen molar-refractivity contribution in [3.05, 3.63) is 35.4 Å². The molecule has 1 heterocycles. The lowest BCUT2D eigenvalue weighted by Crippen LogP contribution is -2.49. The van der Waals surface area contributed by atoms with Crippen molar-refractivity contribution in [3.8, 4) is 0 Å². The van der Waals surface area contributed by atoms with Crippen LogP contribution in [0, 0.1) is 11.6 Å². The average Bonchev–Trinajstić information content (AvgIpc) is 2.70. The van der Waals surface area contributed by atoms with Crippen molar-refractivity contribution in [2.24, 2.45) is 0 Å². The molecule has 2 atom stereocenters. The van der Waals surface area contributed by atoms with E-state index in [4.69, 9.17) is 0 Å². The van der Waals surface area contributed by atoms with Crippen LogP contribution in [0.2, 0.25) is 0 Å². The maximum atomic E-state index is 13.5. The van der Waals surface area contributed by atoms with Gasteiger partial charge >= 0.3 is 6.03 Å². The topological polar surface area (TPSA) is 90.5 Å². The normalized spacial score (nSPS) is 19.4. The number of rotatable bonds is 4. The molecule has 8 heteroatoms. The van der Waals surface area contributed by atoms with Crippen LogP contribution in [0.3, 0.4) is 0 Å². The summed E-state index contributed by atoms with van der Waals surface area (Å²) in [6, 6.07) is 1.55. The first kappa shape index (κ1) is 17.1. The van der Waals surface area contributed by atoms with Gasteiger partial charge in [0.05, 0.1) is 6.10 Å². The van der Waals surface area contributed by atoms with Crippen molar-refractivity contribution in [1.29, 1.82) is 0 Å². The molecule has 1 fully saturated rings. The van der Waals surface area contributed by atoms with Crippen LogP contribution in [-0.2, 0) is 4.79 Å². The Kier molecular flexibility index (Phi) is 5.86. The van der Waals surface area contributed by atoms with Crippen LogP contribution in [0.25, 0.3) is 0 Å². The first-order chi connectivity index (χ1) is 11.0. The van der Waals surface area contributed by atoms with Gasteiger partial charge < -0.3 is 21.1 Å². The highest BCUT2D eigenvalue weighted by Crippen LogP contribution is 2.17. The summed E-state index contributed by atoms with van der Waals surface area (Å²) < 4.78 is 26.3. The summed E-state index contributed by atoms with van der Waals surface area (Å²) in [6.45, 7) is 0.323. The largest absolute Gasteiger partial charge is 0.386 e. The highest BCUT2D eigenvalue weighted by atomic mass is 19.1. The number of carbonyl (C=O) groups excluding carboxylic acids is 2. The lowest BCUT2D eigenvalue weighted by atomic mass is 10.1. The van der Waals surface area contributed by atoms with Crippen molar-refractivity contribution >= 4 is 11.9 Å². The van der Waals surface area contributed by atoms with E-state index in [0.717, 1.165) is 25.0 Å². The van der Waals surface area contributed by atoms with E-state index in [1.807, 2.05) is 0 Å². The Bertz CT molecular complexity index is 583. The molecule has 0 aliphatic carbocycles. The van der Waals surface area contributed by atoms with Crippen LogP contribution in [0.4, 0.5) is 13.6 Å². The molecule has 0 bridgehead atoms. The monoisotopic (exact) mass is 327 g/mol. The summed E-state index contributed by atoms with van der Waals surface area (Å²) in [5, 5.41) is 17.4. The Balaban J connectivity index is 1.84. The quantitative estimate of drug-likeness (QED) is 0.664. The van der Waals surface area contributed by atoms with Crippen LogP contribution >= 0.6 is 0 Å². The predicted molar refractivity (Wildman–Crippen MR) is 78.5 cm³/mol. The number of aliphatic hydroxyl groups is 1. The second-order valence-electron chi connectivity index (χ2n) is 5.38. The Hall–Kier alpha value is -2.22. The van der Waals surface area contributed by atoms with Crippen LogP contribution in [-0.4, -0.2) is 36.2 Å². The average molecular weight is 327 g/mol. The molecule has 23 heavy (non-hydrogen) atoms. The molecule has 0 unspecified atom stereocenters. The maximum Gasteiger partial charge on any atom is 0.315 e. The Morgan fingerprint density at radius 1 is 1.39 bits per heavy atom. The first-order valence-electron chi connectivity index (χ1n) is 7.42. The fraction of sp³-hybridized carbons (Fsp3) is 0.467. The lowest BCUT2D eigenvalue weighted by molar-refractivity contribution is -0.122. The zero-order chi connectivity index (χ0) is 16.8. The zero-order valence-corrected chi connectivity index (χ0v) is 12.4. The van der Waals surface area contributed by atoms with Gasteiger partial charge in [0.25, 0.3) is 0 Å². The number of halogens is 2. The summed E-state index contributed by atoms with van der Waals surface area (Å²) in [6.07, 6.45) is 0.889. The highest BCUT2D eigenvalue weighted by Gasteiger charge is 2.22. The van der Waals surface area contributed by atoms with E-state index in [1.165, 1.54) is 0 Å². The molecule has 6 nitrogen and oxygen atoms in total. The standard InChI is InChI=1S/C15H19F2N3O3/c16-9-4-5-10(11(17)7-9)13(21)8-19-15(23)20-12-3-1-2-6-18-14(12)22/h4-5,7,12-13,21H,1-3,6,8H2,(H,18,22)(H2,19,20,23)/t12-,13-/m0/s1. The van der Waals surface area contributed by atoms with E-state index in [9.17, 15) is 23.5 Å². The van der Waals surface area contributed by atoms with Gasteiger partial charge in [-0.25, -0.2) is 13.6 Å². The van der Waals surface area contributed by atoms with E-state index >= 15 is 0 Å². The minimum Gasteiger partial charge on any atom is -0.386 e. The molecule has 1 aromatic rings. The van der Waals surface area contributed by atoms with Gasteiger partial charge in [-0.2, -0.15) is 0 Å². The number of urea groups is 1. The fourth-order valence-electron chi connectivity index (χ4n) is 2.36. The van der Waals surface area contributed by atoms with Crippen LogP contribution in [0.1, 0.15) is 30.9 Å². The fourth-order valence-corrected chi connectivity index (χ4v) is 2.36. The Morgan fingerprint density at radius 3 is 2.91 bits per heavy atom. The summed E-state index contributed by atoms with van der Waals surface area (Å²) in [5.41, 5.74) is -0.112. The predicted octanol–water partition coefficient (Wildman–Crippen LogP) is 0.966. The van der Waals surface area contributed by atoms with E-state index < -0.39 is 29.8 Å². The maximum absolute atomic E-state index is 13.5. The van der Waals surface area contributed by atoms with Gasteiger partial charge in [-0.1, -0.05) is 6.07 Å². The molecule has 0 saturated carbocycles. The van der Waals surface area contributed by atoms with Crippen LogP contribution in [0.15, 0.2) is 18.2 Å². The minimum absolute atomic E-state index is 0.112. The number of benzene rings is 1. The molecule has 1 aliphatic rings. The number of nitrogens with one attached hydrogen (secondary N) is 3. The van der Waals surface area contributed by atoms with Crippen molar-refractivity contribution in [3.63, 3.8) is 0 Å². The zero-order valence-electron chi connectivity index (χ0n) is 12.4. The molecule has 0 spiro atoms. The molecule has 4 N–H and O–H groups in total. The van der Waals surface area contributed by atoms with Crippen molar-refractivity contribution in [2.75, 3.05) is 13.1 Å². The summed E-state index contributed by atoms with van der Waals surface area (Å²) in [7, 11) is 0. The molecular weight excluding hydrogens is 308 g/mol. The van der Waals surface area contributed by atoms with Gasteiger partial charge in [-0.3, -0.25) is 4.79 Å². The highest BCUT2D eigenvalue weighted by molar-refractivity contribution is 5.87. The lowest BCUT2D eigenvalue weighted by Gasteiger charge is -2.17. The number of aliphatic hydroxyl groups excluding tert-OH is 1. The van der Waals surface area contributed by atoms with Crippen LogP contribution < -0.4 is 16.0 Å². The van der Waals surface area contributed by atoms with E-state index in [1.54, 1.807) is 0 Å². The molecule has 126 valence electrons. The third-order valence-corrected chi connectivity index (χ3v) is 3.62. The summed E-state index contributed by atoms with van der Waals surface area (Å²) in [4.78, 5) is 23.5. The van der Waals surface area contributed by atoms with Crippen molar-refractivity contribution < 1.29 is 23.5 Å². The van der Waals surface area contributed by atoms with Crippen LogP contribution in [0.5, 0.6) is 0 Å². The molecule has 1 aromatic carbocycles. The van der Waals surface area contributed by atoms with Gasteiger partial charge in [0, 0.05) is 24.7 Å². The van der Waals surface area contributed by atoms with E-state index in [2.05, 4.69) is 16.0 Å². The number of carbonyl (C=O) groups is 2. The van der Waals surface area contributed by atoms with Crippen molar-refractivity contribution in [1.82, 2.24) is 16.0 Å². The molecule has 2 rings (SSSR count). The smallest absolute Gasteiger partial charge is 0.315 e. The van der Waals surface area contributed by atoms with Gasteiger partial charge in [-0.15, -0.1) is 0 Å². The summed E-state index contributed by atoms with van der Waals surface area (Å²) in [5.74, 6) is -1.88. The Labute approximate surface area is 132 Å². The van der Waals surface area contributed by atoms with Gasteiger partial charge in [-0.05, 0) is 25.3 Å². The molecular formula is C15H19F2N3O3. The second-order valence-corrected chi connectivity index (χ2v) is 5.38. The van der Waals surface area contributed by atoms with Gasteiger partial charge in [0.15, 0.2) is 0 Å². The van der Waals surface area contributed by atoms with Crippen molar-refractivity contribution in [2.45, 2.75) is 31.4 Å². The second kappa shape index (κ2) is 7.87. The van der Waals surface area contributed by atoms with E-state index in [0.29, 0.717) is 19.0 Å². The third kappa shape index (κ3) is 4.88. The molecule has 3 amide bonds.